The Balaban J connectivity index is 2.29. The average molecular weight is 248 g/mol. The van der Waals surface area contributed by atoms with Gasteiger partial charge in [-0.25, -0.2) is 0 Å². The van der Waals surface area contributed by atoms with Gasteiger partial charge in [-0.15, -0.1) is 11.3 Å². The Hall–Kier alpha value is -0.900. The van der Waals surface area contributed by atoms with Gasteiger partial charge in [0.25, 0.3) is 0 Å². The number of benzene rings is 1. The number of nitrogens with two attached hydrogens (primary N) is 1. The molecule has 3 N–H and O–H groups in total. The highest BCUT2D eigenvalue weighted by Gasteiger charge is 2.19. The van der Waals surface area contributed by atoms with Crippen molar-refractivity contribution in [3.05, 3.63) is 35.2 Å². The summed E-state index contributed by atoms with van der Waals surface area (Å²) in [6.07, 6.45) is 2.40. The standard InChI is InChI=1S/C14H20N2S/c1-3-6-10(2)14(16-15)13-9-11-7-4-5-8-12(11)17-13/h4-5,7-10,14,16H,3,6,15H2,1-2H3. The number of thiophene rings is 1. The van der Waals surface area contributed by atoms with Crippen LogP contribution in [-0.4, -0.2) is 0 Å². The number of rotatable bonds is 5. The van der Waals surface area contributed by atoms with Crippen molar-refractivity contribution in [2.24, 2.45) is 11.8 Å². The van der Waals surface area contributed by atoms with Crippen LogP contribution < -0.4 is 11.3 Å². The van der Waals surface area contributed by atoms with Crippen molar-refractivity contribution in [3.63, 3.8) is 0 Å². The third-order valence-electron chi connectivity index (χ3n) is 3.24. The Bertz CT molecular complexity index is 445. The van der Waals surface area contributed by atoms with Crippen LogP contribution in [0.3, 0.4) is 0 Å². The van der Waals surface area contributed by atoms with Crippen molar-refractivity contribution < 1.29 is 0 Å². The molecule has 0 saturated carbocycles. The summed E-state index contributed by atoms with van der Waals surface area (Å²) in [5, 5.41) is 1.32. The Kier molecular flexibility index (Phi) is 4.15. The van der Waals surface area contributed by atoms with Crippen LogP contribution in [-0.2, 0) is 0 Å². The molecule has 0 radical (unpaired) electrons. The summed E-state index contributed by atoms with van der Waals surface area (Å²) >= 11 is 1.84. The minimum atomic E-state index is 0.271. The number of hydrogen-bond acceptors (Lipinski definition) is 3. The lowest BCUT2D eigenvalue weighted by Gasteiger charge is -2.21. The van der Waals surface area contributed by atoms with Gasteiger partial charge in [-0.1, -0.05) is 38.5 Å². The van der Waals surface area contributed by atoms with Gasteiger partial charge in [-0.2, -0.15) is 0 Å². The van der Waals surface area contributed by atoms with Gasteiger partial charge in [0.05, 0.1) is 6.04 Å². The fourth-order valence-electron chi connectivity index (χ4n) is 2.30. The third-order valence-corrected chi connectivity index (χ3v) is 4.44. The zero-order chi connectivity index (χ0) is 12.3. The van der Waals surface area contributed by atoms with Gasteiger partial charge in [-0.3, -0.25) is 11.3 Å². The van der Waals surface area contributed by atoms with Crippen LogP contribution in [0.15, 0.2) is 30.3 Å². The van der Waals surface area contributed by atoms with E-state index < -0.39 is 0 Å². The van der Waals surface area contributed by atoms with Crippen molar-refractivity contribution >= 4 is 21.4 Å². The fourth-order valence-corrected chi connectivity index (χ4v) is 3.56. The molecule has 2 rings (SSSR count). The molecule has 2 atom stereocenters. The van der Waals surface area contributed by atoms with Crippen molar-refractivity contribution in [1.82, 2.24) is 5.43 Å². The van der Waals surface area contributed by atoms with E-state index in [1.54, 1.807) is 0 Å². The largest absolute Gasteiger partial charge is 0.271 e. The summed E-state index contributed by atoms with van der Waals surface area (Å²) < 4.78 is 1.34. The van der Waals surface area contributed by atoms with Crippen molar-refractivity contribution in [3.8, 4) is 0 Å². The first-order chi connectivity index (χ1) is 8.26. The summed E-state index contributed by atoms with van der Waals surface area (Å²) in [7, 11) is 0. The fraction of sp³-hybridized carbons (Fsp3) is 0.429. The molecule has 92 valence electrons. The zero-order valence-electron chi connectivity index (χ0n) is 10.4. The number of hydrogen-bond donors (Lipinski definition) is 2. The molecule has 17 heavy (non-hydrogen) atoms. The van der Waals surface area contributed by atoms with Crippen LogP contribution in [0.25, 0.3) is 10.1 Å². The lowest BCUT2D eigenvalue weighted by atomic mass is 9.96. The van der Waals surface area contributed by atoms with E-state index >= 15 is 0 Å². The number of hydrazine groups is 1. The second-order valence-corrected chi connectivity index (χ2v) is 5.71. The Morgan fingerprint density at radius 3 is 2.76 bits per heavy atom. The molecule has 1 aromatic heterocycles. The SMILES string of the molecule is CCCC(C)C(NN)c1cc2ccccc2s1. The third kappa shape index (κ3) is 2.68. The van der Waals surface area contributed by atoms with E-state index in [9.17, 15) is 0 Å². The summed E-state index contributed by atoms with van der Waals surface area (Å²) in [5.74, 6) is 6.28. The minimum absolute atomic E-state index is 0.271. The predicted octanol–water partition coefficient (Wildman–Crippen LogP) is 3.84. The van der Waals surface area contributed by atoms with E-state index in [4.69, 9.17) is 5.84 Å². The number of nitrogens with one attached hydrogen (secondary N) is 1. The van der Waals surface area contributed by atoms with Crippen LogP contribution in [0.1, 0.15) is 37.6 Å². The first-order valence-corrected chi connectivity index (χ1v) is 7.02. The van der Waals surface area contributed by atoms with Crippen molar-refractivity contribution in [2.45, 2.75) is 32.7 Å². The zero-order valence-corrected chi connectivity index (χ0v) is 11.3. The molecule has 0 amide bonds. The van der Waals surface area contributed by atoms with Gasteiger partial charge in [0.15, 0.2) is 0 Å². The molecule has 0 saturated heterocycles. The molecular weight excluding hydrogens is 228 g/mol. The van der Waals surface area contributed by atoms with E-state index in [-0.39, 0.29) is 6.04 Å². The van der Waals surface area contributed by atoms with Gasteiger partial charge in [0, 0.05) is 9.58 Å². The van der Waals surface area contributed by atoms with Crippen LogP contribution in [0.2, 0.25) is 0 Å². The van der Waals surface area contributed by atoms with Gasteiger partial charge in [0.1, 0.15) is 0 Å². The second-order valence-electron chi connectivity index (χ2n) is 4.60. The lowest BCUT2D eigenvalue weighted by molar-refractivity contribution is 0.373. The molecule has 0 aliphatic carbocycles. The smallest absolute Gasteiger partial charge is 0.0579 e. The van der Waals surface area contributed by atoms with Crippen molar-refractivity contribution in [2.75, 3.05) is 0 Å². The van der Waals surface area contributed by atoms with Crippen LogP contribution in [0.4, 0.5) is 0 Å². The maximum Gasteiger partial charge on any atom is 0.0579 e. The maximum absolute atomic E-state index is 5.71. The Labute approximate surface area is 107 Å². The molecule has 2 unspecified atom stereocenters. The highest BCUT2D eigenvalue weighted by Crippen LogP contribution is 2.34. The molecule has 2 nitrogen and oxygen atoms in total. The highest BCUT2D eigenvalue weighted by atomic mass is 32.1. The summed E-state index contributed by atoms with van der Waals surface area (Å²) in [4.78, 5) is 1.34. The first kappa shape index (κ1) is 12.6. The molecule has 0 aliphatic rings. The summed E-state index contributed by atoms with van der Waals surface area (Å²) in [6.45, 7) is 4.48. The van der Waals surface area contributed by atoms with E-state index in [1.807, 2.05) is 11.3 Å². The van der Waals surface area contributed by atoms with Crippen LogP contribution in [0, 0.1) is 5.92 Å². The van der Waals surface area contributed by atoms with Crippen LogP contribution >= 0.6 is 11.3 Å². The van der Waals surface area contributed by atoms with Crippen molar-refractivity contribution in [1.29, 1.82) is 0 Å². The van der Waals surface area contributed by atoms with Gasteiger partial charge in [0.2, 0.25) is 0 Å². The quantitative estimate of drug-likeness (QED) is 0.623. The van der Waals surface area contributed by atoms with E-state index in [0.717, 1.165) is 0 Å². The van der Waals surface area contributed by atoms with E-state index in [0.29, 0.717) is 5.92 Å². The minimum Gasteiger partial charge on any atom is -0.271 e. The molecule has 0 bridgehead atoms. The molecule has 1 aromatic carbocycles. The molecule has 1 heterocycles. The van der Waals surface area contributed by atoms with Gasteiger partial charge in [-0.05, 0) is 29.9 Å². The van der Waals surface area contributed by atoms with E-state index in [1.165, 1.54) is 27.8 Å². The maximum atomic E-state index is 5.71. The summed E-state index contributed by atoms with van der Waals surface area (Å²) in [6, 6.07) is 11.0. The molecule has 0 fully saturated rings. The second kappa shape index (κ2) is 5.63. The number of fused-ring (bicyclic) bond motifs is 1. The monoisotopic (exact) mass is 248 g/mol. The predicted molar refractivity (Wildman–Crippen MR) is 76.0 cm³/mol. The van der Waals surface area contributed by atoms with Gasteiger partial charge < -0.3 is 0 Å². The summed E-state index contributed by atoms with van der Waals surface area (Å²) in [5.41, 5.74) is 2.97. The highest BCUT2D eigenvalue weighted by molar-refractivity contribution is 7.19. The van der Waals surface area contributed by atoms with Gasteiger partial charge >= 0.3 is 0 Å². The molecule has 3 heteroatoms. The Morgan fingerprint density at radius 2 is 2.12 bits per heavy atom. The first-order valence-electron chi connectivity index (χ1n) is 6.21. The average Bonchev–Trinajstić information content (AvgIpc) is 2.73. The Morgan fingerprint density at radius 1 is 1.35 bits per heavy atom. The topological polar surface area (TPSA) is 38.0 Å². The lowest BCUT2D eigenvalue weighted by Crippen LogP contribution is -2.31. The normalized spacial score (nSPS) is 15.0. The molecule has 0 spiro atoms. The molecular formula is C14H20N2S. The molecule has 0 aliphatic heterocycles. The van der Waals surface area contributed by atoms with Crippen LogP contribution in [0.5, 0.6) is 0 Å². The van der Waals surface area contributed by atoms with E-state index in [2.05, 4.69) is 49.6 Å². The molecule has 2 aromatic rings.